The number of benzene rings is 1. The minimum atomic E-state index is -0.414. The zero-order valence-corrected chi connectivity index (χ0v) is 17.9. The summed E-state index contributed by atoms with van der Waals surface area (Å²) < 4.78 is 21.5. The molecule has 0 radical (unpaired) electrons. The quantitative estimate of drug-likeness (QED) is 0.697. The number of halogens is 1. The number of aromatic nitrogens is 3. The summed E-state index contributed by atoms with van der Waals surface area (Å²) in [7, 11) is 3.43. The van der Waals surface area contributed by atoms with Crippen molar-refractivity contribution in [2.75, 3.05) is 13.7 Å². The van der Waals surface area contributed by atoms with Gasteiger partial charge in [-0.05, 0) is 43.4 Å². The first kappa shape index (κ1) is 19.9. The summed E-state index contributed by atoms with van der Waals surface area (Å²) in [6.45, 7) is 2.67. The van der Waals surface area contributed by atoms with Crippen LogP contribution in [0.3, 0.4) is 0 Å². The predicted molar refractivity (Wildman–Crippen MR) is 115 cm³/mol. The van der Waals surface area contributed by atoms with Crippen LogP contribution in [0.25, 0.3) is 22.4 Å². The van der Waals surface area contributed by atoms with E-state index < -0.39 is 5.82 Å². The highest BCUT2D eigenvalue weighted by molar-refractivity contribution is 6.00. The van der Waals surface area contributed by atoms with Crippen molar-refractivity contribution in [1.29, 1.82) is 0 Å². The van der Waals surface area contributed by atoms with Gasteiger partial charge in [0.25, 0.3) is 5.91 Å². The van der Waals surface area contributed by atoms with Crippen LogP contribution >= 0.6 is 0 Å². The molecule has 5 rings (SSSR count). The maximum atomic E-state index is 14.0. The van der Waals surface area contributed by atoms with Crippen LogP contribution in [0.5, 0.6) is 5.75 Å². The number of amides is 1. The molecule has 7 nitrogen and oxygen atoms in total. The third-order valence-electron chi connectivity index (χ3n) is 6.83. The molecule has 0 unspecified atom stereocenters. The van der Waals surface area contributed by atoms with Gasteiger partial charge in [-0.15, -0.1) is 0 Å². The highest BCUT2D eigenvalue weighted by Crippen LogP contribution is 2.39. The zero-order chi connectivity index (χ0) is 21.9. The Bertz CT molecular complexity index is 1190. The number of hydrogen-bond acceptors (Lipinski definition) is 5. The van der Waals surface area contributed by atoms with E-state index >= 15 is 0 Å². The van der Waals surface area contributed by atoms with Gasteiger partial charge >= 0.3 is 0 Å². The van der Waals surface area contributed by atoms with Crippen molar-refractivity contribution >= 4 is 16.9 Å². The van der Waals surface area contributed by atoms with Gasteiger partial charge in [0.1, 0.15) is 22.9 Å². The predicted octanol–water partition coefficient (Wildman–Crippen LogP) is 2.91. The third-order valence-corrected chi connectivity index (χ3v) is 6.83. The lowest BCUT2D eigenvalue weighted by Crippen LogP contribution is -2.41. The fourth-order valence-corrected chi connectivity index (χ4v) is 5.22. The van der Waals surface area contributed by atoms with E-state index in [1.54, 1.807) is 19.2 Å². The van der Waals surface area contributed by atoms with Crippen LogP contribution in [0.4, 0.5) is 4.39 Å². The fourth-order valence-electron chi connectivity index (χ4n) is 5.22. The summed E-state index contributed by atoms with van der Waals surface area (Å²) in [5, 5.41) is 0. The minimum absolute atomic E-state index is 0.0447. The summed E-state index contributed by atoms with van der Waals surface area (Å²) in [5.74, 6) is 1.07. The van der Waals surface area contributed by atoms with Crippen LogP contribution < -0.4 is 10.5 Å². The average Bonchev–Trinajstić information content (AvgIpc) is 3.42. The first-order valence-corrected chi connectivity index (χ1v) is 10.7. The highest BCUT2D eigenvalue weighted by atomic mass is 19.1. The molecule has 2 aromatic heterocycles. The number of aryl methyl sites for hydroxylation is 2. The standard InChI is InChI=1S/C23H26FN5O2/c1-4-16-15(9-14(24)10-26-16)22-27-17-7-13(8-19(31-3)21(17)28(22)2)23(30)29-11-12-5-6-18(29)20(12)25/h7-10,12,18,20H,4-6,11,25H2,1-3H3/t12-,18-,20-/m1/s1. The first-order chi connectivity index (χ1) is 14.9. The maximum absolute atomic E-state index is 14.0. The normalized spacial score (nSPS) is 22.5. The topological polar surface area (TPSA) is 86.3 Å². The molecule has 31 heavy (non-hydrogen) atoms. The van der Waals surface area contributed by atoms with Crippen molar-refractivity contribution in [3.8, 4) is 17.1 Å². The number of likely N-dealkylation sites (tertiary alicyclic amines) is 1. The van der Waals surface area contributed by atoms with E-state index in [4.69, 9.17) is 15.5 Å². The summed E-state index contributed by atoms with van der Waals surface area (Å²) in [6.07, 6.45) is 3.91. The van der Waals surface area contributed by atoms with Crippen molar-refractivity contribution in [1.82, 2.24) is 19.4 Å². The van der Waals surface area contributed by atoms with E-state index in [2.05, 4.69) is 4.98 Å². The molecular weight excluding hydrogens is 397 g/mol. The van der Waals surface area contributed by atoms with E-state index in [1.807, 2.05) is 23.4 Å². The Balaban J connectivity index is 1.61. The lowest BCUT2D eigenvalue weighted by Gasteiger charge is -2.27. The van der Waals surface area contributed by atoms with Gasteiger partial charge in [-0.25, -0.2) is 9.37 Å². The Labute approximate surface area is 180 Å². The van der Waals surface area contributed by atoms with Crippen LogP contribution in [0, 0.1) is 11.7 Å². The van der Waals surface area contributed by atoms with Crippen LogP contribution in [0.15, 0.2) is 24.4 Å². The molecule has 2 fully saturated rings. The van der Waals surface area contributed by atoms with Gasteiger partial charge < -0.3 is 19.9 Å². The second kappa shape index (κ2) is 7.30. The molecule has 3 heterocycles. The number of pyridine rings is 1. The molecule has 1 aliphatic heterocycles. The number of carbonyl (C=O) groups excluding carboxylic acids is 1. The number of fused-ring (bicyclic) bond motifs is 3. The van der Waals surface area contributed by atoms with Crippen molar-refractivity contribution in [3.05, 3.63) is 41.5 Å². The number of methoxy groups -OCH3 is 1. The second-order valence-corrected chi connectivity index (χ2v) is 8.48. The Hall–Kier alpha value is -3.00. The average molecular weight is 423 g/mol. The number of piperidine rings is 1. The van der Waals surface area contributed by atoms with Gasteiger partial charge in [-0.2, -0.15) is 0 Å². The van der Waals surface area contributed by atoms with Crippen molar-refractivity contribution < 1.29 is 13.9 Å². The molecule has 3 atom stereocenters. The summed E-state index contributed by atoms with van der Waals surface area (Å²) in [6, 6.07) is 5.17. The van der Waals surface area contributed by atoms with E-state index in [-0.39, 0.29) is 18.0 Å². The van der Waals surface area contributed by atoms with Crippen molar-refractivity contribution in [2.45, 2.75) is 38.3 Å². The highest BCUT2D eigenvalue weighted by Gasteiger charge is 2.47. The Morgan fingerprint density at radius 3 is 2.77 bits per heavy atom. The second-order valence-electron chi connectivity index (χ2n) is 8.48. The minimum Gasteiger partial charge on any atom is -0.494 e. The van der Waals surface area contributed by atoms with Gasteiger partial charge in [-0.3, -0.25) is 9.78 Å². The van der Waals surface area contributed by atoms with Crippen molar-refractivity contribution in [2.24, 2.45) is 18.7 Å². The number of rotatable bonds is 4. The number of imidazole rings is 1. The molecule has 3 aromatic rings. The molecule has 1 saturated heterocycles. The smallest absolute Gasteiger partial charge is 0.254 e. The molecule has 1 aliphatic carbocycles. The van der Waals surface area contributed by atoms with E-state index in [1.165, 1.54) is 12.3 Å². The Kier molecular flexibility index (Phi) is 4.69. The molecule has 1 saturated carbocycles. The summed E-state index contributed by atoms with van der Waals surface area (Å²) in [4.78, 5) is 24.2. The maximum Gasteiger partial charge on any atom is 0.254 e. The van der Waals surface area contributed by atoms with E-state index in [0.717, 1.165) is 24.1 Å². The third kappa shape index (κ3) is 3.00. The van der Waals surface area contributed by atoms with Crippen LogP contribution in [0.2, 0.25) is 0 Å². The SMILES string of the molecule is CCc1ncc(F)cc1-c1nc2cc(C(=O)N3C[C@H]4CC[C@@H]3[C@@H]4N)cc(OC)c2n1C. The lowest BCUT2D eigenvalue weighted by molar-refractivity contribution is 0.0700. The fraction of sp³-hybridized carbons (Fsp3) is 0.435. The number of carbonyl (C=O) groups is 1. The monoisotopic (exact) mass is 423 g/mol. The van der Waals surface area contributed by atoms with Crippen LogP contribution in [0.1, 0.15) is 35.8 Å². The number of ether oxygens (including phenoxy) is 1. The first-order valence-electron chi connectivity index (χ1n) is 10.7. The van der Waals surface area contributed by atoms with Crippen LogP contribution in [-0.4, -0.2) is 51.1 Å². The summed E-state index contributed by atoms with van der Waals surface area (Å²) >= 11 is 0. The summed E-state index contributed by atoms with van der Waals surface area (Å²) in [5.41, 5.74) is 9.60. The molecular formula is C23H26FN5O2. The molecule has 8 heteroatoms. The molecule has 2 N–H and O–H groups in total. The zero-order valence-electron chi connectivity index (χ0n) is 17.9. The lowest BCUT2D eigenvalue weighted by atomic mass is 10.1. The van der Waals surface area contributed by atoms with E-state index in [0.29, 0.717) is 47.1 Å². The number of hydrogen-bond donors (Lipinski definition) is 1. The molecule has 1 amide bonds. The van der Waals surface area contributed by atoms with Gasteiger partial charge in [-0.1, -0.05) is 6.92 Å². The van der Waals surface area contributed by atoms with Gasteiger partial charge in [0.2, 0.25) is 0 Å². The Morgan fingerprint density at radius 1 is 1.32 bits per heavy atom. The number of nitrogens with zero attached hydrogens (tertiary/aromatic N) is 4. The molecule has 162 valence electrons. The Morgan fingerprint density at radius 2 is 2.13 bits per heavy atom. The van der Waals surface area contributed by atoms with Crippen molar-refractivity contribution in [3.63, 3.8) is 0 Å². The van der Waals surface area contributed by atoms with Gasteiger partial charge in [0.15, 0.2) is 0 Å². The van der Waals surface area contributed by atoms with E-state index in [9.17, 15) is 9.18 Å². The largest absolute Gasteiger partial charge is 0.494 e. The molecule has 0 spiro atoms. The molecule has 1 aromatic carbocycles. The van der Waals surface area contributed by atoms with Gasteiger partial charge in [0, 0.05) is 36.8 Å². The van der Waals surface area contributed by atoms with Gasteiger partial charge in [0.05, 0.1) is 24.5 Å². The number of nitrogens with two attached hydrogens (primary N) is 1. The molecule has 2 aliphatic rings. The van der Waals surface area contributed by atoms with Crippen LogP contribution in [-0.2, 0) is 13.5 Å². The molecule has 2 bridgehead atoms.